The summed E-state index contributed by atoms with van der Waals surface area (Å²) >= 11 is 0. The van der Waals surface area contributed by atoms with E-state index in [1.54, 1.807) is 18.3 Å². The molecule has 3 aromatic rings. The number of halogens is 1. The first-order valence-corrected chi connectivity index (χ1v) is 5.44. The summed E-state index contributed by atoms with van der Waals surface area (Å²) in [6.07, 6.45) is 3.71. The first-order chi connectivity index (χ1) is 8.25. The first-order valence-electron chi connectivity index (χ1n) is 5.44. The molecule has 17 heavy (non-hydrogen) atoms. The number of aromatic nitrogens is 2. The van der Waals surface area contributed by atoms with Crippen molar-refractivity contribution in [1.29, 1.82) is 0 Å². The Morgan fingerprint density at radius 1 is 1.12 bits per heavy atom. The maximum atomic E-state index is 13.7. The van der Waals surface area contributed by atoms with Crippen molar-refractivity contribution in [3.63, 3.8) is 0 Å². The van der Waals surface area contributed by atoms with Gasteiger partial charge in [0.25, 0.3) is 0 Å². The monoisotopic (exact) mass is 226 g/mol. The number of rotatable bonds is 1. The van der Waals surface area contributed by atoms with Crippen LogP contribution in [0.4, 0.5) is 4.39 Å². The Morgan fingerprint density at radius 3 is 2.76 bits per heavy atom. The van der Waals surface area contributed by atoms with Crippen LogP contribution in [-0.2, 0) is 0 Å². The SMILES string of the molecule is Cc1ccc2cnc(-c3ccccc3F)n2c1. The van der Waals surface area contributed by atoms with Crippen molar-refractivity contribution in [2.75, 3.05) is 0 Å². The van der Waals surface area contributed by atoms with Gasteiger partial charge in [0.15, 0.2) is 0 Å². The number of aryl methyl sites for hydroxylation is 1. The zero-order valence-corrected chi connectivity index (χ0v) is 9.39. The number of hydrogen-bond acceptors (Lipinski definition) is 1. The lowest BCUT2D eigenvalue weighted by Gasteiger charge is -2.03. The van der Waals surface area contributed by atoms with Crippen LogP contribution in [0.2, 0.25) is 0 Å². The Labute approximate surface area is 98.4 Å². The highest BCUT2D eigenvalue weighted by atomic mass is 19.1. The highest BCUT2D eigenvalue weighted by Crippen LogP contribution is 2.22. The van der Waals surface area contributed by atoms with E-state index in [0.29, 0.717) is 11.4 Å². The number of pyridine rings is 1. The van der Waals surface area contributed by atoms with Crippen LogP contribution in [0.15, 0.2) is 48.8 Å². The molecule has 0 N–H and O–H groups in total. The second kappa shape index (κ2) is 3.70. The van der Waals surface area contributed by atoms with Crippen LogP contribution in [0.3, 0.4) is 0 Å². The predicted octanol–water partition coefficient (Wildman–Crippen LogP) is 3.45. The Bertz CT molecular complexity index is 686. The summed E-state index contributed by atoms with van der Waals surface area (Å²) in [5.74, 6) is 0.392. The van der Waals surface area contributed by atoms with Crippen molar-refractivity contribution >= 4 is 5.52 Å². The lowest BCUT2D eigenvalue weighted by atomic mass is 10.2. The fourth-order valence-electron chi connectivity index (χ4n) is 1.94. The van der Waals surface area contributed by atoms with Gasteiger partial charge in [-0.2, -0.15) is 0 Å². The Balaban J connectivity index is 2.31. The molecule has 0 atom stereocenters. The van der Waals surface area contributed by atoms with Gasteiger partial charge in [0.1, 0.15) is 11.6 Å². The Kier molecular flexibility index (Phi) is 2.18. The van der Waals surface area contributed by atoms with E-state index < -0.39 is 0 Å². The largest absolute Gasteiger partial charge is 0.299 e. The molecule has 2 aromatic heterocycles. The lowest BCUT2D eigenvalue weighted by molar-refractivity contribution is 0.630. The van der Waals surface area contributed by atoms with Crippen LogP contribution in [0, 0.1) is 12.7 Å². The van der Waals surface area contributed by atoms with E-state index in [0.717, 1.165) is 11.1 Å². The molecule has 0 bridgehead atoms. The van der Waals surface area contributed by atoms with Crippen LogP contribution >= 0.6 is 0 Å². The molecule has 0 amide bonds. The summed E-state index contributed by atoms with van der Waals surface area (Å²) in [7, 11) is 0. The van der Waals surface area contributed by atoms with Gasteiger partial charge in [0.2, 0.25) is 0 Å². The van der Waals surface area contributed by atoms with Gasteiger partial charge in [0.05, 0.1) is 17.3 Å². The summed E-state index contributed by atoms with van der Waals surface area (Å²) in [5, 5.41) is 0. The molecule has 0 saturated carbocycles. The predicted molar refractivity (Wildman–Crippen MR) is 65.3 cm³/mol. The molecule has 3 heteroatoms. The summed E-state index contributed by atoms with van der Waals surface area (Å²) in [5.41, 5.74) is 2.61. The number of nitrogens with zero attached hydrogens (tertiary/aromatic N) is 2. The minimum Gasteiger partial charge on any atom is -0.299 e. The number of imidazole rings is 1. The quantitative estimate of drug-likeness (QED) is 0.621. The highest BCUT2D eigenvalue weighted by molar-refractivity contribution is 5.63. The van der Waals surface area contributed by atoms with Crippen LogP contribution in [0.1, 0.15) is 5.56 Å². The third-order valence-electron chi connectivity index (χ3n) is 2.79. The molecule has 0 saturated heterocycles. The minimum atomic E-state index is -0.249. The molecule has 0 aliphatic rings. The number of benzene rings is 1. The van der Waals surface area contributed by atoms with Gasteiger partial charge in [-0.15, -0.1) is 0 Å². The van der Waals surface area contributed by atoms with Crippen molar-refractivity contribution in [1.82, 2.24) is 9.38 Å². The van der Waals surface area contributed by atoms with Gasteiger partial charge in [-0.25, -0.2) is 9.37 Å². The van der Waals surface area contributed by atoms with E-state index in [1.807, 2.05) is 35.7 Å². The minimum absolute atomic E-state index is 0.249. The molecule has 2 nitrogen and oxygen atoms in total. The molecule has 0 fully saturated rings. The molecule has 0 unspecified atom stereocenters. The van der Waals surface area contributed by atoms with Crippen LogP contribution < -0.4 is 0 Å². The van der Waals surface area contributed by atoms with E-state index in [4.69, 9.17) is 0 Å². The van der Waals surface area contributed by atoms with E-state index >= 15 is 0 Å². The fourth-order valence-corrected chi connectivity index (χ4v) is 1.94. The van der Waals surface area contributed by atoms with Crippen LogP contribution in [-0.4, -0.2) is 9.38 Å². The topological polar surface area (TPSA) is 17.3 Å². The standard InChI is InChI=1S/C14H11FN2/c1-10-6-7-11-8-16-14(17(11)9-10)12-4-2-3-5-13(12)15/h2-9H,1H3. The average molecular weight is 226 g/mol. The van der Waals surface area contributed by atoms with Gasteiger partial charge in [0, 0.05) is 6.20 Å². The molecule has 0 spiro atoms. The lowest BCUT2D eigenvalue weighted by Crippen LogP contribution is -1.92. The molecule has 0 aliphatic heterocycles. The highest BCUT2D eigenvalue weighted by Gasteiger charge is 2.10. The van der Waals surface area contributed by atoms with Crippen molar-refractivity contribution < 1.29 is 4.39 Å². The third kappa shape index (κ3) is 1.60. The van der Waals surface area contributed by atoms with Crippen molar-refractivity contribution in [3.05, 3.63) is 60.2 Å². The normalized spacial score (nSPS) is 10.9. The number of fused-ring (bicyclic) bond motifs is 1. The van der Waals surface area contributed by atoms with Crippen LogP contribution in [0.25, 0.3) is 16.9 Å². The van der Waals surface area contributed by atoms with Gasteiger partial charge in [-0.3, -0.25) is 4.40 Å². The van der Waals surface area contributed by atoms with Crippen molar-refractivity contribution in [2.24, 2.45) is 0 Å². The second-order valence-electron chi connectivity index (χ2n) is 4.06. The van der Waals surface area contributed by atoms with Gasteiger partial charge < -0.3 is 0 Å². The molecular formula is C14H11FN2. The first kappa shape index (κ1) is 10.0. The fraction of sp³-hybridized carbons (Fsp3) is 0.0714. The smallest absolute Gasteiger partial charge is 0.147 e. The summed E-state index contributed by atoms with van der Waals surface area (Å²) in [6.45, 7) is 2.00. The maximum Gasteiger partial charge on any atom is 0.147 e. The van der Waals surface area contributed by atoms with Gasteiger partial charge >= 0.3 is 0 Å². The third-order valence-corrected chi connectivity index (χ3v) is 2.79. The zero-order chi connectivity index (χ0) is 11.8. The maximum absolute atomic E-state index is 13.7. The van der Waals surface area contributed by atoms with Gasteiger partial charge in [-0.1, -0.05) is 18.2 Å². The van der Waals surface area contributed by atoms with E-state index in [2.05, 4.69) is 4.98 Å². The molecule has 3 rings (SSSR count). The molecular weight excluding hydrogens is 215 g/mol. The summed E-state index contributed by atoms with van der Waals surface area (Å²) in [4.78, 5) is 4.29. The molecule has 0 radical (unpaired) electrons. The molecule has 1 aromatic carbocycles. The van der Waals surface area contributed by atoms with Crippen molar-refractivity contribution in [2.45, 2.75) is 6.92 Å². The molecule has 2 heterocycles. The average Bonchev–Trinajstić information content (AvgIpc) is 2.72. The Morgan fingerprint density at radius 2 is 1.94 bits per heavy atom. The summed E-state index contributed by atoms with van der Waals surface area (Å²) < 4.78 is 15.6. The Hall–Kier alpha value is -2.16. The van der Waals surface area contributed by atoms with Crippen molar-refractivity contribution in [3.8, 4) is 11.4 Å². The van der Waals surface area contributed by atoms with E-state index in [-0.39, 0.29) is 5.82 Å². The van der Waals surface area contributed by atoms with Gasteiger partial charge in [-0.05, 0) is 30.7 Å². The van der Waals surface area contributed by atoms with Crippen LogP contribution in [0.5, 0.6) is 0 Å². The summed E-state index contributed by atoms with van der Waals surface area (Å²) in [6, 6.07) is 10.7. The zero-order valence-electron chi connectivity index (χ0n) is 9.39. The molecule has 84 valence electrons. The number of hydrogen-bond donors (Lipinski definition) is 0. The van der Waals surface area contributed by atoms with E-state index in [9.17, 15) is 4.39 Å². The second-order valence-corrected chi connectivity index (χ2v) is 4.06. The van der Waals surface area contributed by atoms with E-state index in [1.165, 1.54) is 6.07 Å². The molecule has 0 aliphatic carbocycles.